The maximum absolute atomic E-state index is 6.00. The van der Waals surface area contributed by atoms with E-state index in [-0.39, 0.29) is 5.38 Å². The first-order chi connectivity index (χ1) is 5.47. The fraction of sp³-hybridized carbons (Fsp3) is 0.778. The minimum atomic E-state index is -1.40. The summed E-state index contributed by atoms with van der Waals surface area (Å²) in [4.78, 5) is 0. The van der Waals surface area contributed by atoms with Crippen LogP contribution in [0.2, 0.25) is 19.6 Å². The Labute approximate surface area is 80.9 Å². The molecule has 0 N–H and O–H groups in total. The highest BCUT2D eigenvalue weighted by molar-refractivity contribution is 6.70. The molecule has 0 fully saturated rings. The van der Waals surface area contributed by atoms with Gasteiger partial charge in [0.1, 0.15) is 0 Å². The monoisotopic (exact) mass is 204 g/mol. The average molecular weight is 205 g/mol. The van der Waals surface area contributed by atoms with E-state index in [1.165, 1.54) is 6.42 Å². The lowest BCUT2D eigenvalue weighted by atomic mass is 10.1. The van der Waals surface area contributed by atoms with E-state index < -0.39 is 8.32 Å². The summed E-state index contributed by atoms with van der Waals surface area (Å²) in [5.74, 6) is 1.13. The molecule has 1 rings (SSSR count). The summed E-state index contributed by atoms with van der Waals surface area (Å²) in [5, 5.41) is 0.199. The molecule has 12 heavy (non-hydrogen) atoms. The van der Waals surface area contributed by atoms with Crippen molar-refractivity contribution in [1.29, 1.82) is 0 Å². The van der Waals surface area contributed by atoms with Crippen molar-refractivity contribution in [3.05, 3.63) is 11.8 Å². The molecule has 0 aromatic carbocycles. The molecule has 0 heterocycles. The maximum atomic E-state index is 6.00. The van der Waals surface area contributed by atoms with Crippen LogP contribution in [0.5, 0.6) is 0 Å². The zero-order chi connectivity index (χ0) is 9.19. The van der Waals surface area contributed by atoms with Crippen LogP contribution in [0, 0.1) is 0 Å². The lowest BCUT2D eigenvalue weighted by molar-refractivity contribution is 0.380. The van der Waals surface area contributed by atoms with Gasteiger partial charge in [0.2, 0.25) is 8.32 Å². The van der Waals surface area contributed by atoms with E-state index in [1.807, 2.05) is 0 Å². The summed E-state index contributed by atoms with van der Waals surface area (Å²) in [7, 11) is -1.40. The first-order valence-electron chi connectivity index (χ1n) is 4.51. The molecular formula is C9H17ClOSi. The Morgan fingerprint density at radius 2 is 2.17 bits per heavy atom. The second-order valence-corrected chi connectivity index (χ2v) is 9.25. The third-order valence-corrected chi connectivity index (χ3v) is 2.93. The van der Waals surface area contributed by atoms with Crippen LogP contribution in [0.15, 0.2) is 11.8 Å². The topological polar surface area (TPSA) is 9.23 Å². The van der Waals surface area contributed by atoms with E-state index in [1.54, 1.807) is 0 Å². The number of hydrogen-bond acceptors (Lipinski definition) is 1. The van der Waals surface area contributed by atoms with Crippen molar-refractivity contribution in [3.63, 3.8) is 0 Å². The summed E-state index contributed by atoms with van der Waals surface area (Å²) < 4.78 is 5.86. The van der Waals surface area contributed by atoms with Gasteiger partial charge in [0.25, 0.3) is 0 Å². The van der Waals surface area contributed by atoms with E-state index in [0.717, 1.165) is 18.6 Å². The SMILES string of the molecule is C[Si](C)(C)OC1=CC(Cl)CCC1. The van der Waals surface area contributed by atoms with Crippen molar-refractivity contribution >= 4 is 19.9 Å². The molecule has 3 heteroatoms. The standard InChI is InChI=1S/C9H17ClOSi/c1-12(2,3)11-9-6-4-5-8(10)7-9/h7-8H,4-6H2,1-3H3. The largest absolute Gasteiger partial charge is 0.548 e. The molecule has 0 bridgehead atoms. The lowest BCUT2D eigenvalue weighted by Gasteiger charge is -2.25. The van der Waals surface area contributed by atoms with Gasteiger partial charge in [0.15, 0.2) is 0 Å². The summed E-state index contributed by atoms with van der Waals surface area (Å²) >= 11 is 6.00. The normalized spacial score (nSPS) is 25.0. The summed E-state index contributed by atoms with van der Waals surface area (Å²) in [6.07, 6.45) is 5.42. The zero-order valence-electron chi connectivity index (χ0n) is 8.06. The van der Waals surface area contributed by atoms with Gasteiger partial charge < -0.3 is 4.43 Å². The van der Waals surface area contributed by atoms with Gasteiger partial charge in [0, 0.05) is 6.42 Å². The Morgan fingerprint density at radius 3 is 2.67 bits per heavy atom. The number of allylic oxidation sites excluding steroid dienone is 2. The second kappa shape index (κ2) is 3.84. The molecule has 0 amide bonds. The van der Waals surface area contributed by atoms with E-state index in [4.69, 9.17) is 16.0 Å². The van der Waals surface area contributed by atoms with Crippen molar-refractivity contribution < 1.29 is 4.43 Å². The van der Waals surface area contributed by atoms with Crippen LogP contribution in [0.1, 0.15) is 19.3 Å². The molecule has 0 aliphatic heterocycles. The van der Waals surface area contributed by atoms with Gasteiger partial charge in [0.05, 0.1) is 11.1 Å². The highest BCUT2D eigenvalue weighted by Crippen LogP contribution is 2.24. The van der Waals surface area contributed by atoms with Gasteiger partial charge in [-0.25, -0.2) is 0 Å². The third-order valence-electron chi connectivity index (χ3n) is 1.71. The molecule has 70 valence electrons. The van der Waals surface area contributed by atoms with Crippen molar-refractivity contribution in [1.82, 2.24) is 0 Å². The first-order valence-corrected chi connectivity index (χ1v) is 8.35. The van der Waals surface area contributed by atoms with Gasteiger partial charge in [-0.15, -0.1) is 11.6 Å². The van der Waals surface area contributed by atoms with Crippen LogP contribution < -0.4 is 0 Å². The Balaban J connectivity index is 2.52. The molecule has 1 nitrogen and oxygen atoms in total. The van der Waals surface area contributed by atoms with E-state index in [2.05, 4.69) is 25.7 Å². The lowest BCUT2D eigenvalue weighted by Crippen LogP contribution is -2.26. The molecule has 0 spiro atoms. The fourth-order valence-corrected chi connectivity index (χ4v) is 2.57. The summed E-state index contributed by atoms with van der Waals surface area (Å²) in [6.45, 7) is 6.60. The smallest absolute Gasteiger partial charge is 0.241 e. The molecule has 0 saturated carbocycles. The zero-order valence-corrected chi connectivity index (χ0v) is 9.82. The van der Waals surface area contributed by atoms with Gasteiger partial charge in [-0.2, -0.15) is 0 Å². The minimum absolute atomic E-state index is 0.199. The molecule has 0 radical (unpaired) electrons. The van der Waals surface area contributed by atoms with Crippen LogP contribution in [0.3, 0.4) is 0 Å². The Kier molecular flexibility index (Phi) is 3.24. The summed E-state index contributed by atoms with van der Waals surface area (Å²) in [6, 6.07) is 0. The minimum Gasteiger partial charge on any atom is -0.548 e. The molecular weight excluding hydrogens is 188 g/mol. The van der Waals surface area contributed by atoms with Crippen LogP contribution >= 0.6 is 11.6 Å². The van der Waals surface area contributed by atoms with Gasteiger partial charge >= 0.3 is 0 Å². The van der Waals surface area contributed by atoms with Crippen molar-refractivity contribution in [3.8, 4) is 0 Å². The molecule has 1 atom stereocenters. The molecule has 0 aromatic rings. The molecule has 1 aliphatic rings. The Bertz CT molecular complexity index is 183. The molecule has 0 saturated heterocycles. The average Bonchev–Trinajstić information content (AvgIpc) is 1.82. The van der Waals surface area contributed by atoms with Gasteiger partial charge in [-0.3, -0.25) is 0 Å². The van der Waals surface area contributed by atoms with E-state index >= 15 is 0 Å². The van der Waals surface area contributed by atoms with Crippen LogP contribution in [-0.4, -0.2) is 13.7 Å². The van der Waals surface area contributed by atoms with Crippen LogP contribution in [0.4, 0.5) is 0 Å². The second-order valence-electron chi connectivity index (χ2n) is 4.26. The van der Waals surface area contributed by atoms with Gasteiger partial charge in [-0.1, -0.05) is 0 Å². The number of rotatable bonds is 2. The highest BCUT2D eigenvalue weighted by atomic mass is 35.5. The Hall–Kier alpha value is 0.0469. The first kappa shape index (κ1) is 10.1. The van der Waals surface area contributed by atoms with Gasteiger partial charge in [-0.05, 0) is 38.6 Å². The predicted molar refractivity (Wildman–Crippen MR) is 56.0 cm³/mol. The quantitative estimate of drug-likeness (QED) is 0.494. The number of hydrogen-bond donors (Lipinski definition) is 0. The van der Waals surface area contributed by atoms with Crippen LogP contribution in [0.25, 0.3) is 0 Å². The van der Waals surface area contributed by atoms with Crippen molar-refractivity contribution in [2.45, 2.75) is 44.3 Å². The third kappa shape index (κ3) is 3.63. The van der Waals surface area contributed by atoms with E-state index in [9.17, 15) is 0 Å². The predicted octanol–water partition coefficient (Wildman–Crippen LogP) is 3.51. The number of halogens is 1. The Morgan fingerprint density at radius 1 is 1.50 bits per heavy atom. The van der Waals surface area contributed by atoms with Crippen LogP contribution in [-0.2, 0) is 4.43 Å². The molecule has 1 aliphatic carbocycles. The highest BCUT2D eigenvalue weighted by Gasteiger charge is 2.20. The summed E-state index contributed by atoms with van der Waals surface area (Å²) in [5.41, 5.74) is 0. The fourth-order valence-electron chi connectivity index (χ4n) is 1.32. The molecule has 0 aromatic heterocycles. The van der Waals surface area contributed by atoms with E-state index in [0.29, 0.717) is 0 Å². The van der Waals surface area contributed by atoms with Crippen molar-refractivity contribution in [2.75, 3.05) is 0 Å². The van der Waals surface area contributed by atoms with Crippen molar-refractivity contribution in [2.24, 2.45) is 0 Å². The molecule has 1 unspecified atom stereocenters. The number of alkyl halides is 1. The maximum Gasteiger partial charge on any atom is 0.241 e.